The van der Waals surface area contributed by atoms with Crippen molar-refractivity contribution in [2.75, 3.05) is 26.2 Å². The predicted octanol–water partition coefficient (Wildman–Crippen LogP) is 3.13. The standard InChI is InChI=1S/C16H32N2/c1-13(2)9-14(3)11-18-8-4-5-15(12-18)10-17-16-6-7-16/h13-17H,4-12H2,1-3H3. The van der Waals surface area contributed by atoms with Gasteiger partial charge in [-0.15, -0.1) is 0 Å². The molecule has 2 rings (SSSR count). The highest BCUT2D eigenvalue weighted by atomic mass is 15.1. The average Bonchev–Trinajstić information content (AvgIpc) is 3.09. The van der Waals surface area contributed by atoms with E-state index in [2.05, 4.69) is 31.0 Å². The smallest absolute Gasteiger partial charge is 0.00683 e. The number of nitrogens with one attached hydrogen (secondary N) is 1. The molecule has 0 amide bonds. The zero-order valence-electron chi connectivity index (χ0n) is 12.6. The number of hydrogen-bond acceptors (Lipinski definition) is 2. The minimum Gasteiger partial charge on any atom is -0.314 e. The van der Waals surface area contributed by atoms with Crippen LogP contribution in [0.5, 0.6) is 0 Å². The van der Waals surface area contributed by atoms with Crippen LogP contribution in [0.2, 0.25) is 0 Å². The van der Waals surface area contributed by atoms with Crippen LogP contribution in [-0.4, -0.2) is 37.1 Å². The number of hydrogen-bond donors (Lipinski definition) is 1. The molecule has 1 N–H and O–H groups in total. The highest BCUT2D eigenvalue weighted by Gasteiger charge is 2.25. The molecule has 0 aromatic rings. The summed E-state index contributed by atoms with van der Waals surface area (Å²) >= 11 is 0. The van der Waals surface area contributed by atoms with Gasteiger partial charge in [-0.2, -0.15) is 0 Å². The molecule has 2 heteroatoms. The lowest BCUT2D eigenvalue weighted by Crippen LogP contribution is -2.41. The van der Waals surface area contributed by atoms with Gasteiger partial charge in [-0.3, -0.25) is 0 Å². The SMILES string of the molecule is CC(C)CC(C)CN1CCCC(CNC2CC2)C1. The molecule has 2 fully saturated rings. The lowest BCUT2D eigenvalue weighted by Gasteiger charge is -2.34. The zero-order chi connectivity index (χ0) is 13.0. The molecular weight excluding hydrogens is 220 g/mol. The first-order valence-corrected chi connectivity index (χ1v) is 8.09. The molecule has 1 saturated carbocycles. The highest BCUT2D eigenvalue weighted by Crippen LogP contribution is 2.22. The van der Waals surface area contributed by atoms with Crippen LogP contribution >= 0.6 is 0 Å². The highest BCUT2D eigenvalue weighted by molar-refractivity contribution is 4.83. The summed E-state index contributed by atoms with van der Waals surface area (Å²) in [6, 6.07) is 0.875. The Morgan fingerprint density at radius 3 is 2.61 bits per heavy atom. The third-order valence-corrected chi connectivity index (χ3v) is 4.32. The fourth-order valence-corrected chi connectivity index (χ4v) is 3.42. The number of likely N-dealkylation sites (tertiary alicyclic amines) is 1. The first-order chi connectivity index (χ1) is 8.63. The molecule has 0 spiro atoms. The Kier molecular flexibility index (Phi) is 5.50. The summed E-state index contributed by atoms with van der Waals surface area (Å²) in [5.41, 5.74) is 0. The minimum absolute atomic E-state index is 0.845. The van der Waals surface area contributed by atoms with Crippen LogP contribution in [0.1, 0.15) is 52.9 Å². The molecule has 1 heterocycles. The normalized spacial score (nSPS) is 27.7. The molecule has 18 heavy (non-hydrogen) atoms. The van der Waals surface area contributed by atoms with E-state index in [1.54, 1.807) is 0 Å². The second-order valence-electron chi connectivity index (χ2n) is 7.19. The monoisotopic (exact) mass is 252 g/mol. The van der Waals surface area contributed by atoms with Gasteiger partial charge in [0.05, 0.1) is 0 Å². The van der Waals surface area contributed by atoms with Crippen LogP contribution in [0.3, 0.4) is 0 Å². The first kappa shape index (κ1) is 14.3. The topological polar surface area (TPSA) is 15.3 Å². The van der Waals surface area contributed by atoms with Crippen molar-refractivity contribution in [3.63, 3.8) is 0 Å². The Bertz CT molecular complexity index is 235. The molecule has 0 aromatic carbocycles. The van der Waals surface area contributed by atoms with E-state index in [4.69, 9.17) is 0 Å². The number of piperidine rings is 1. The molecule has 2 nitrogen and oxygen atoms in total. The van der Waals surface area contributed by atoms with Crippen molar-refractivity contribution in [2.45, 2.75) is 58.9 Å². The Hall–Kier alpha value is -0.0800. The Labute approximate surface area is 114 Å². The van der Waals surface area contributed by atoms with E-state index in [-0.39, 0.29) is 0 Å². The summed E-state index contributed by atoms with van der Waals surface area (Å²) in [6.45, 7) is 12.4. The van der Waals surface area contributed by atoms with Gasteiger partial charge in [0.15, 0.2) is 0 Å². The van der Waals surface area contributed by atoms with Crippen LogP contribution < -0.4 is 5.32 Å². The largest absolute Gasteiger partial charge is 0.314 e. The van der Waals surface area contributed by atoms with Gasteiger partial charge in [0.1, 0.15) is 0 Å². The van der Waals surface area contributed by atoms with Gasteiger partial charge >= 0.3 is 0 Å². The van der Waals surface area contributed by atoms with Crippen molar-refractivity contribution in [3.05, 3.63) is 0 Å². The lowest BCUT2D eigenvalue weighted by molar-refractivity contribution is 0.147. The summed E-state index contributed by atoms with van der Waals surface area (Å²) < 4.78 is 0. The number of rotatable bonds is 7. The van der Waals surface area contributed by atoms with E-state index in [0.29, 0.717) is 0 Å². The van der Waals surface area contributed by atoms with Crippen molar-refractivity contribution in [1.82, 2.24) is 10.2 Å². The van der Waals surface area contributed by atoms with Gasteiger partial charge in [-0.05, 0) is 62.9 Å². The van der Waals surface area contributed by atoms with Gasteiger partial charge in [-0.25, -0.2) is 0 Å². The van der Waals surface area contributed by atoms with E-state index < -0.39 is 0 Å². The van der Waals surface area contributed by atoms with Crippen molar-refractivity contribution >= 4 is 0 Å². The van der Waals surface area contributed by atoms with E-state index >= 15 is 0 Å². The fourth-order valence-electron chi connectivity index (χ4n) is 3.42. The molecule has 2 atom stereocenters. The molecule has 1 aliphatic heterocycles. The lowest BCUT2D eigenvalue weighted by atomic mass is 9.94. The predicted molar refractivity (Wildman–Crippen MR) is 78.8 cm³/mol. The second-order valence-corrected chi connectivity index (χ2v) is 7.19. The van der Waals surface area contributed by atoms with E-state index in [9.17, 15) is 0 Å². The van der Waals surface area contributed by atoms with E-state index in [0.717, 1.165) is 23.8 Å². The molecule has 0 radical (unpaired) electrons. The van der Waals surface area contributed by atoms with Crippen molar-refractivity contribution in [2.24, 2.45) is 17.8 Å². The molecule has 0 aromatic heterocycles. The van der Waals surface area contributed by atoms with E-state index in [1.807, 2.05) is 0 Å². The average molecular weight is 252 g/mol. The van der Waals surface area contributed by atoms with Crippen LogP contribution in [0.25, 0.3) is 0 Å². The van der Waals surface area contributed by atoms with Crippen molar-refractivity contribution in [3.8, 4) is 0 Å². The van der Waals surface area contributed by atoms with Gasteiger partial charge in [0.25, 0.3) is 0 Å². The molecule has 106 valence electrons. The van der Waals surface area contributed by atoms with Crippen LogP contribution in [0.4, 0.5) is 0 Å². The second kappa shape index (κ2) is 6.91. The van der Waals surface area contributed by atoms with Crippen LogP contribution in [0.15, 0.2) is 0 Å². The molecular formula is C16H32N2. The quantitative estimate of drug-likeness (QED) is 0.749. The summed E-state index contributed by atoms with van der Waals surface area (Å²) in [6.07, 6.45) is 7.06. The van der Waals surface area contributed by atoms with Crippen LogP contribution in [0, 0.1) is 17.8 Å². The molecule has 0 bridgehead atoms. The Morgan fingerprint density at radius 2 is 1.94 bits per heavy atom. The first-order valence-electron chi connectivity index (χ1n) is 8.09. The third-order valence-electron chi connectivity index (χ3n) is 4.32. The van der Waals surface area contributed by atoms with Crippen molar-refractivity contribution in [1.29, 1.82) is 0 Å². The summed E-state index contributed by atoms with van der Waals surface area (Å²) in [7, 11) is 0. The summed E-state index contributed by atoms with van der Waals surface area (Å²) in [5, 5.41) is 3.71. The number of nitrogens with zero attached hydrogens (tertiary/aromatic N) is 1. The van der Waals surface area contributed by atoms with Gasteiger partial charge in [0, 0.05) is 19.1 Å². The summed E-state index contributed by atoms with van der Waals surface area (Å²) in [5.74, 6) is 2.61. The third kappa shape index (κ3) is 5.27. The molecule has 2 aliphatic rings. The summed E-state index contributed by atoms with van der Waals surface area (Å²) in [4.78, 5) is 2.72. The van der Waals surface area contributed by atoms with Gasteiger partial charge in [0.2, 0.25) is 0 Å². The zero-order valence-corrected chi connectivity index (χ0v) is 12.6. The van der Waals surface area contributed by atoms with Gasteiger partial charge in [-0.1, -0.05) is 20.8 Å². The molecule has 1 aliphatic carbocycles. The molecule has 1 saturated heterocycles. The van der Waals surface area contributed by atoms with Crippen molar-refractivity contribution < 1.29 is 0 Å². The minimum atomic E-state index is 0.845. The maximum absolute atomic E-state index is 3.71. The fraction of sp³-hybridized carbons (Fsp3) is 1.00. The Balaban J connectivity index is 1.65. The van der Waals surface area contributed by atoms with Gasteiger partial charge < -0.3 is 10.2 Å². The molecule has 2 unspecified atom stereocenters. The Morgan fingerprint density at radius 1 is 1.17 bits per heavy atom. The van der Waals surface area contributed by atoms with E-state index in [1.165, 1.54) is 58.3 Å². The maximum atomic E-state index is 3.71. The van der Waals surface area contributed by atoms with Crippen LogP contribution in [-0.2, 0) is 0 Å². The maximum Gasteiger partial charge on any atom is 0.00683 e.